The molecule has 3 heteroatoms. The van der Waals surface area contributed by atoms with Gasteiger partial charge < -0.3 is 10.6 Å². The highest BCUT2D eigenvalue weighted by molar-refractivity contribution is 5.08. The van der Waals surface area contributed by atoms with Crippen molar-refractivity contribution in [3.63, 3.8) is 0 Å². The molecule has 106 valence electrons. The number of piperidine rings is 1. The van der Waals surface area contributed by atoms with Crippen LogP contribution >= 0.6 is 0 Å². The van der Waals surface area contributed by atoms with Gasteiger partial charge >= 0.3 is 0 Å². The molecule has 1 unspecified atom stereocenters. The highest BCUT2D eigenvalue weighted by Crippen LogP contribution is 2.49. The van der Waals surface area contributed by atoms with Gasteiger partial charge in [-0.05, 0) is 45.2 Å². The van der Waals surface area contributed by atoms with Crippen molar-refractivity contribution in [2.45, 2.75) is 57.5 Å². The maximum atomic E-state index is 6.22. The lowest BCUT2D eigenvalue weighted by Gasteiger charge is -2.52. The Kier molecular flexibility index (Phi) is 4.05. The first-order valence-corrected chi connectivity index (χ1v) is 7.54. The molecule has 0 spiro atoms. The van der Waals surface area contributed by atoms with E-state index >= 15 is 0 Å². The molecule has 1 aliphatic heterocycles. The van der Waals surface area contributed by atoms with Crippen molar-refractivity contribution in [1.29, 1.82) is 0 Å². The average Bonchev–Trinajstić information content (AvgIpc) is 2.65. The third-order valence-electron chi connectivity index (χ3n) is 5.79. The molecule has 0 bridgehead atoms. The molecule has 2 N–H and O–H groups in total. The quantitative estimate of drug-likeness (QED) is 0.834. The smallest absolute Gasteiger partial charge is 0.0382 e. The van der Waals surface area contributed by atoms with E-state index in [4.69, 9.17) is 5.73 Å². The molecular weight excluding hydrogens is 222 g/mol. The van der Waals surface area contributed by atoms with Crippen molar-refractivity contribution in [2.24, 2.45) is 11.1 Å². The zero-order valence-corrected chi connectivity index (χ0v) is 12.7. The first-order chi connectivity index (χ1) is 8.43. The second-order valence-electron chi connectivity index (χ2n) is 7.15. The molecule has 1 heterocycles. The van der Waals surface area contributed by atoms with Gasteiger partial charge in [0.15, 0.2) is 0 Å². The predicted molar refractivity (Wildman–Crippen MR) is 77.7 cm³/mol. The zero-order valence-electron chi connectivity index (χ0n) is 12.7. The van der Waals surface area contributed by atoms with E-state index in [0.29, 0.717) is 5.41 Å². The van der Waals surface area contributed by atoms with Crippen LogP contribution in [0.25, 0.3) is 0 Å². The molecule has 1 saturated heterocycles. The summed E-state index contributed by atoms with van der Waals surface area (Å²) in [6, 6.07) is 0.764. The van der Waals surface area contributed by atoms with Gasteiger partial charge in [0, 0.05) is 31.2 Å². The molecule has 0 amide bonds. The van der Waals surface area contributed by atoms with Gasteiger partial charge in [-0.15, -0.1) is 0 Å². The number of likely N-dealkylation sites (tertiary alicyclic amines) is 1. The fraction of sp³-hybridized carbons (Fsp3) is 1.00. The summed E-state index contributed by atoms with van der Waals surface area (Å²) < 4.78 is 0. The number of nitrogens with two attached hydrogens (primary N) is 1. The van der Waals surface area contributed by atoms with E-state index in [9.17, 15) is 0 Å². The molecule has 1 aliphatic carbocycles. The summed E-state index contributed by atoms with van der Waals surface area (Å²) >= 11 is 0. The van der Waals surface area contributed by atoms with E-state index in [1.54, 1.807) is 0 Å². The third kappa shape index (κ3) is 2.21. The van der Waals surface area contributed by atoms with E-state index in [0.717, 1.165) is 12.6 Å². The van der Waals surface area contributed by atoms with Gasteiger partial charge in [-0.1, -0.05) is 20.3 Å². The van der Waals surface area contributed by atoms with Gasteiger partial charge in [0.2, 0.25) is 0 Å². The van der Waals surface area contributed by atoms with Crippen LogP contribution in [-0.2, 0) is 0 Å². The Hall–Kier alpha value is -0.120. The molecule has 2 aliphatic rings. The van der Waals surface area contributed by atoms with E-state index < -0.39 is 0 Å². The maximum absolute atomic E-state index is 6.22. The molecule has 2 rings (SSSR count). The van der Waals surface area contributed by atoms with E-state index in [1.807, 2.05) is 0 Å². The highest BCUT2D eigenvalue weighted by Gasteiger charge is 2.51. The Labute approximate surface area is 113 Å². The molecule has 3 nitrogen and oxygen atoms in total. The normalized spacial score (nSPS) is 34.3. The summed E-state index contributed by atoms with van der Waals surface area (Å²) in [5.74, 6) is 0. The third-order valence-corrected chi connectivity index (χ3v) is 5.79. The fourth-order valence-corrected chi connectivity index (χ4v) is 4.30. The van der Waals surface area contributed by atoms with Crippen LogP contribution in [0, 0.1) is 5.41 Å². The van der Waals surface area contributed by atoms with Gasteiger partial charge in [-0.25, -0.2) is 0 Å². The second-order valence-corrected chi connectivity index (χ2v) is 7.15. The minimum atomic E-state index is 0.268. The Morgan fingerprint density at radius 1 is 1.17 bits per heavy atom. The Balaban J connectivity index is 2.07. The van der Waals surface area contributed by atoms with Crippen LogP contribution in [0.5, 0.6) is 0 Å². The summed E-state index contributed by atoms with van der Waals surface area (Å²) in [5, 5.41) is 0. The van der Waals surface area contributed by atoms with E-state index in [2.05, 4.69) is 37.7 Å². The highest BCUT2D eigenvalue weighted by atomic mass is 15.2. The first kappa shape index (κ1) is 14.3. The lowest BCUT2D eigenvalue weighted by atomic mass is 9.73. The van der Waals surface area contributed by atoms with Crippen LogP contribution in [-0.4, -0.2) is 55.1 Å². The van der Waals surface area contributed by atoms with Crippen molar-refractivity contribution >= 4 is 0 Å². The van der Waals surface area contributed by atoms with Crippen molar-refractivity contribution in [3.05, 3.63) is 0 Å². The number of hydrogen-bond acceptors (Lipinski definition) is 3. The SMILES string of the molecule is CN(C)C1CCN(C2(CN)CCCC2(C)C)CC1. The molecule has 2 fully saturated rings. The van der Waals surface area contributed by atoms with E-state index in [-0.39, 0.29) is 5.54 Å². The number of rotatable bonds is 3. The van der Waals surface area contributed by atoms with Crippen molar-refractivity contribution < 1.29 is 0 Å². The molecule has 0 radical (unpaired) electrons. The van der Waals surface area contributed by atoms with Gasteiger partial charge in [-0.3, -0.25) is 4.90 Å². The molecule has 0 aromatic carbocycles. The van der Waals surface area contributed by atoms with Crippen LogP contribution in [0.15, 0.2) is 0 Å². The Morgan fingerprint density at radius 2 is 1.78 bits per heavy atom. The monoisotopic (exact) mass is 253 g/mol. The minimum absolute atomic E-state index is 0.268. The largest absolute Gasteiger partial charge is 0.329 e. The average molecular weight is 253 g/mol. The van der Waals surface area contributed by atoms with Crippen LogP contribution in [0.3, 0.4) is 0 Å². The van der Waals surface area contributed by atoms with Crippen LogP contribution < -0.4 is 5.73 Å². The summed E-state index contributed by atoms with van der Waals surface area (Å²) in [7, 11) is 4.41. The topological polar surface area (TPSA) is 32.5 Å². The second kappa shape index (κ2) is 5.10. The molecule has 1 saturated carbocycles. The molecule has 18 heavy (non-hydrogen) atoms. The van der Waals surface area contributed by atoms with Gasteiger partial charge in [0.05, 0.1) is 0 Å². The van der Waals surface area contributed by atoms with Crippen LogP contribution in [0.1, 0.15) is 46.0 Å². The van der Waals surface area contributed by atoms with Gasteiger partial charge in [0.25, 0.3) is 0 Å². The van der Waals surface area contributed by atoms with Gasteiger partial charge in [0.1, 0.15) is 0 Å². The predicted octanol–water partition coefficient (Wildman–Crippen LogP) is 1.92. The van der Waals surface area contributed by atoms with Crippen LogP contribution in [0.4, 0.5) is 0 Å². The summed E-state index contributed by atoms with van der Waals surface area (Å²) in [6.07, 6.45) is 6.56. The summed E-state index contributed by atoms with van der Waals surface area (Å²) in [4.78, 5) is 5.10. The Bertz CT molecular complexity index is 279. The van der Waals surface area contributed by atoms with Crippen molar-refractivity contribution in [1.82, 2.24) is 9.80 Å². The molecule has 1 atom stereocenters. The lowest BCUT2D eigenvalue weighted by molar-refractivity contribution is -0.0144. The van der Waals surface area contributed by atoms with Crippen molar-refractivity contribution in [2.75, 3.05) is 33.7 Å². The maximum Gasteiger partial charge on any atom is 0.0382 e. The summed E-state index contributed by atoms with van der Waals surface area (Å²) in [6.45, 7) is 8.12. The van der Waals surface area contributed by atoms with Crippen LogP contribution in [0.2, 0.25) is 0 Å². The minimum Gasteiger partial charge on any atom is -0.329 e. The number of nitrogens with zero attached hydrogens (tertiary/aromatic N) is 2. The number of hydrogen-bond donors (Lipinski definition) is 1. The molecule has 0 aromatic heterocycles. The van der Waals surface area contributed by atoms with Gasteiger partial charge in [-0.2, -0.15) is 0 Å². The lowest BCUT2D eigenvalue weighted by Crippen LogP contribution is -2.62. The Morgan fingerprint density at radius 3 is 2.17 bits per heavy atom. The standard InChI is InChI=1S/C15H31N3/c1-14(2)8-5-9-15(14,12-16)18-10-6-13(7-11-18)17(3)4/h13H,5-12,16H2,1-4H3. The molecular formula is C15H31N3. The summed E-state index contributed by atoms with van der Waals surface area (Å²) in [5.41, 5.74) is 6.87. The molecule has 0 aromatic rings. The first-order valence-electron chi connectivity index (χ1n) is 7.54. The fourth-order valence-electron chi connectivity index (χ4n) is 4.30. The zero-order chi connectivity index (χ0) is 13.4. The van der Waals surface area contributed by atoms with Crippen molar-refractivity contribution in [3.8, 4) is 0 Å². The van der Waals surface area contributed by atoms with E-state index in [1.165, 1.54) is 45.2 Å².